The third kappa shape index (κ3) is 2.39. The highest BCUT2D eigenvalue weighted by Gasteiger charge is 2.33. The number of hydrogen-bond acceptors (Lipinski definition) is 4. The number of ketones is 2. The maximum absolute atomic E-state index is 13.4. The molecule has 0 bridgehead atoms. The molecule has 5 nitrogen and oxygen atoms in total. The molecule has 0 fully saturated rings. The van der Waals surface area contributed by atoms with Crippen LogP contribution in [0.2, 0.25) is 0 Å². The SMILES string of the molecule is Cn1c(=O)c(C(=O)c2ccncc2)c2c3c(c(Br)ccc31)C(=O)c1ccccc1-2. The molecule has 2 aromatic carbocycles. The van der Waals surface area contributed by atoms with Crippen molar-refractivity contribution >= 4 is 38.4 Å². The summed E-state index contributed by atoms with van der Waals surface area (Å²) in [5.41, 5.74) is 2.70. The third-order valence-corrected chi connectivity index (χ3v) is 6.01. The minimum atomic E-state index is -0.397. The fraction of sp³-hybridized carbons (Fsp3) is 0.0435. The minimum Gasteiger partial charge on any atom is -0.311 e. The Kier molecular flexibility index (Phi) is 3.86. The van der Waals surface area contributed by atoms with Crippen molar-refractivity contribution in [2.75, 3.05) is 0 Å². The van der Waals surface area contributed by atoms with E-state index in [-0.39, 0.29) is 17.1 Å². The molecule has 0 N–H and O–H groups in total. The van der Waals surface area contributed by atoms with Crippen LogP contribution in [0.4, 0.5) is 0 Å². The van der Waals surface area contributed by atoms with Gasteiger partial charge in [0.1, 0.15) is 0 Å². The van der Waals surface area contributed by atoms with E-state index in [0.29, 0.717) is 43.2 Å². The summed E-state index contributed by atoms with van der Waals surface area (Å²) in [5, 5.41) is 0.614. The first-order valence-corrected chi connectivity index (χ1v) is 9.74. The van der Waals surface area contributed by atoms with Crippen molar-refractivity contribution in [2.24, 2.45) is 7.05 Å². The lowest BCUT2D eigenvalue weighted by Crippen LogP contribution is -2.28. The molecule has 29 heavy (non-hydrogen) atoms. The summed E-state index contributed by atoms with van der Waals surface area (Å²) in [6, 6.07) is 13.8. The number of benzene rings is 2. The Morgan fingerprint density at radius 1 is 0.931 bits per heavy atom. The van der Waals surface area contributed by atoms with Crippen molar-refractivity contribution in [1.29, 1.82) is 0 Å². The van der Waals surface area contributed by atoms with Crippen molar-refractivity contribution in [2.45, 2.75) is 0 Å². The number of rotatable bonds is 2. The van der Waals surface area contributed by atoms with Gasteiger partial charge < -0.3 is 4.57 Å². The lowest BCUT2D eigenvalue weighted by atomic mass is 9.81. The van der Waals surface area contributed by atoms with E-state index >= 15 is 0 Å². The van der Waals surface area contributed by atoms with Gasteiger partial charge in [-0.05, 0) is 29.8 Å². The van der Waals surface area contributed by atoms with Crippen LogP contribution in [0.5, 0.6) is 0 Å². The standard InChI is InChI=1S/C23H13BrN2O3/c1-26-16-7-6-15(24)18-19(16)17(13-4-2-3-5-14(13)22(18)28)20(23(26)29)21(27)12-8-10-25-11-9-12/h2-11H,1H3. The molecule has 1 aliphatic rings. The fourth-order valence-corrected chi connectivity index (χ4v) is 4.50. The smallest absolute Gasteiger partial charge is 0.262 e. The molecule has 0 unspecified atom stereocenters. The predicted molar refractivity (Wildman–Crippen MR) is 113 cm³/mol. The zero-order valence-corrected chi connectivity index (χ0v) is 16.9. The Hall–Kier alpha value is -3.38. The van der Waals surface area contributed by atoms with Crippen LogP contribution in [0.25, 0.3) is 22.0 Å². The van der Waals surface area contributed by atoms with E-state index in [1.165, 1.54) is 17.0 Å². The third-order valence-electron chi connectivity index (χ3n) is 5.35. The number of aromatic nitrogens is 2. The Bertz CT molecular complexity index is 1420. The van der Waals surface area contributed by atoms with E-state index in [9.17, 15) is 14.4 Å². The van der Waals surface area contributed by atoms with Crippen LogP contribution in [0, 0.1) is 0 Å². The summed E-state index contributed by atoms with van der Waals surface area (Å²) >= 11 is 3.49. The molecule has 0 atom stereocenters. The van der Waals surface area contributed by atoms with Gasteiger partial charge >= 0.3 is 0 Å². The van der Waals surface area contributed by atoms with Crippen molar-refractivity contribution < 1.29 is 9.59 Å². The van der Waals surface area contributed by atoms with Crippen molar-refractivity contribution in [3.05, 3.63) is 98.0 Å². The Morgan fingerprint density at radius 3 is 2.34 bits per heavy atom. The van der Waals surface area contributed by atoms with Crippen LogP contribution in [0.3, 0.4) is 0 Å². The van der Waals surface area contributed by atoms with E-state index in [1.54, 1.807) is 55.6 Å². The topological polar surface area (TPSA) is 69.0 Å². The molecule has 2 heterocycles. The average molecular weight is 445 g/mol. The van der Waals surface area contributed by atoms with E-state index < -0.39 is 5.56 Å². The van der Waals surface area contributed by atoms with Gasteiger partial charge in [-0.1, -0.05) is 40.2 Å². The molecule has 140 valence electrons. The van der Waals surface area contributed by atoms with Gasteiger partial charge in [-0.25, -0.2) is 0 Å². The van der Waals surface area contributed by atoms with Gasteiger partial charge in [0.15, 0.2) is 11.6 Å². The zero-order valence-electron chi connectivity index (χ0n) is 15.3. The zero-order chi connectivity index (χ0) is 20.3. The van der Waals surface area contributed by atoms with Crippen molar-refractivity contribution in [3.63, 3.8) is 0 Å². The maximum Gasteiger partial charge on any atom is 0.262 e. The molecule has 4 aromatic rings. The Morgan fingerprint density at radius 2 is 1.62 bits per heavy atom. The van der Waals surface area contributed by atoms with Gasteiger partial charge in [-0.15, -0.1) is 0 Å². The van der Waals surface area contributed by atoms with Crippen LogP contribution in [-0.2, 0) is 7.05 Å². The molecular weight excluding hydrogens is 432 g/mol. The quantitative estimate of drug-likeness (QED) is 0.383. The van der Waals surface area contributed by atoms with Gasteiger partial charge in [0, 0.05) is 51.6 Å². The van der Waals surface area contributed by atoms with Crippen LogP contribution in [-0.4, -0.2) is 21.1 Å². The minimum absolute atomic E-state index is 0.0606. The second-order valence-electron chi connectivity index (χ2n) is 6.87. The highest BCUT2D eigenvalue weighted by molar-refractivity contribution is 9.10. The predicted octanol–water partition coefficient (Wildman–Crippen LogP) is 4.14. The lowest BCUT2D eigenvalue weighted by molar-refractivity contribution is 0.102. The van der Waals surface area contributed by atoms with Gasteiger partial charge in [0.05, 0.1) is 11.1 Å². The summed E-state index contributed by atoms with van der Waals surface area (Å²) in [5.74, 6) is -0.522. The number of pyridine rings is 2. The Balaban J connectivity index is 2.03. The molecule has 0 saturated heterocycles. The number of carbonyl (C=O) groups excluding carboxylic acids is 2. The number of carbonyl (C=O) groups is 2. The van der Waals surface area contributed by atoms with E-state index in [2.05, 4.69) is 20.9 Å². The fourth-order valence-electron chi connectivity index (χ4n) is 3.99. The van der Waals surface area contributed by atoms with Crippen LogP contribution in [0.15, 0.2) is 70.2 Å². The first-order chi connectivity index (χ1) is 14.0. The number of nitrogens with zero attached hydrogens (tertiary/aromatic N) is 2. The van der Waals surface area contributed by atoms with Gasteiger partial charge in [0.25, 0.3) is 5.56 Å². The van der Waals surface area contributed by atoms with E-state index in [0.717, 1.165) is 0 Å². The van der Waals surface area contributed by atoms with Gasteiger partial charge in [-0.3, -0.25) is 19.4 Å². The molecule has 0 aliphatic heterocycles. The number of fused-ring (bicyclic) bond motifs is 2. The highest BCUT2D eigenvalue weighted by Crippen LogP contribution is 2.43. The molecule has 0 saturated carbocycles. The molecule has 0 spiro atoms. The second kappa shape index (κ2) is 6.32. The summed E-state index contributed by atoms with van der Waals surface area (Å²) in [6.07, 6.45) is 3.04. The summed E-state index contributed by atoms with van der Waals surface area (Å²) in [7, 11) is 1.62. The van der Waals surface area contributed by atoms with Crippen LogP contribution >= 0.6 is 15.9 Å². The molecular formula is C23H13BrN2O3. The second-order valence-corrected chi connectivity index (χ2v) is 7.72. The average Bonchev–Trinajstić information content (AvgIpc) is 2.75. The summed E-state index contributed by atoms with van der Waals surface area (Å²) < 4.78 is 2.07. The normalized spacial score (nSPS) is 12.1. The highest BCUT2D eigenvalue weighted by atomic mass is 79.9. The van der Waals surface area contributed by atoms with Gasteiger partial charge in [-0.2, -0.15) is 0 Å². The van der Waals surface area contributed by atoms with Crippen molar-refractivity contribution in [1.82, 2.24) is 9.55 Å². The molecule has 2 aromatic heterocycles. The molecule has 6 heteroatoms. The van der Waals surface area contributed by atoms with Crippen molar-refractivity contribution in [3.8, 4) is 11.1 Å². The first kappa shape index (κ1) is 17.7. The largest absolute Gasteiger partial charge is 0.311 e. The van der Waals surface area contributed by atoms with Crippen LogP contribution in [0.1, 0.15) is 31.8 Å². The molecule has 0 radical (unpaired) electrons. The Labute approximate surface area is 173 Å². The van der Waals surface area contributed by atoms with E-state index in [4.69, 9.17) is 0 Å². The maximum atomic E-state index is 13.4. The number of halogens is 1. The number of aryl methyl sites for hydroxylation is 1. The van der Waals surface area contributed by atoms with Gasteiger partial charge in [0.2, 0.25) is 0 Å². The van der Waals surface area contributed by atoms with Crippen LogP contribution < -0.4 is 5.56 Å². The lowest BCUT2D eigenvalue weighted by Gasteiger charge is -2.24. The first-order valence-electron chi connectivity index (χ1n) is 8.94. The van der Waals surface area contributed by atoms with E-state index in [1.807, 2.05) is 0 Å². The molecule has 5 rings (SSSR count). The monoisotopic (exact) mass is 444 g/mol. The molecule has 1 aliphatic carbocycles. The molecule has 0 amide bonds. The summed E-state index contributed by atoms with van der Waals surface area (Å²) in [6.45, 7) is 0. The number of hydrogen-bond donors (Lipinski definition) is 0. The summed E-state index contributed by atoms with van der Waals surface area (Å²) in [4.78, 5) is 43.9.